The molecule has 1 aromatic heterocycles. The third kappa shape index (κ3) is 2.08. The van der Waals surface area contributed by atoms with Crippen molar-refractivity contribution in [2.45, 2.75) is 20.3 Å². The molecule has 1 aromatic rings. The number of rotatable bonds is 3. The molecule has 0 bridgehead atoms. The van der Waals surface area contributed by atoms with Crippen LogP contribution in [0, 0.1) is 5.41 Å². The zero-order chi connectivity index (χ0) is 9.19. The molecule has 3 heteroatoms. The summed E-state index contributed by atoms with van der Waals surface area (Å²) in [5, 5.41) is 4.11. The van der Waals surface area contributed by atoms with Crippen LogP contribution in [0.25, 0.3) is 0 Å². The molecule has 0 aliphatic heterocycles. The topological polar surface area (TPSA) is 43.8 Å². The Labute approximate surface area is 73.6 Å². The Morgan fingerprint density at radius 2 is 2.25 bits per heavy atom. The second kappa shape index (κ2) is 3.27. The van der Waals surface area contributed by atoms with E-state index >= 15 is 0 Å². The zero-order valence-electron chi connectivity index (χ0n) is 8.04. The molecule has 12 heavy (non-hydrogen) atoms. The van der Waals surface area contributed by atoms with Gasteiger partial charge in [0.25, 0.3) is 0 Å². The third-order valence-corrected chi connectivity index (χ3v) is 2.13. The predicted octanol–water partition coefficient (Wildman–Crippen LogP) is 0.948. The summed E-state index contributed by atoms with van der Waals surface area (Å²) in [6.45, 7) is 5.04. The van der Waals surface area contributed by atoms with Crippen molar-refractivity contribution in [3.05, 3.63) is 18.0 Å². The van der Waals surface area contributed by atoms with Gasteiger partial charge in [0.05, 0.1) is 0 Å². The third-order valence-electron chi connectivity index (χ3n) is 2.13. The van der Waals surface area contributed by atoms with E-state index in [2.05, 4.69) is 18.9 Å². The summed E-state index contributed by atoms with van der Waals surface area (Å²) >= 11 is 0. The Kier molecular flexibility index (Phi) is 2.52. The number of hydrogen-bond acceptors (Lipinski definition) is 2. The lowest BCUT2D eigenvalue weighted by Gasteiger charge is -2.21. The largest absolute Gasteiger partial charge is 0.330 e. The number of nitrogens with two attached hydrogens (primary N) is 1. The molecular weight excluding hydrogens is 150 g/mol. The fourth-order valence-corrected chi connectivity index (χ4v) is 1.14. The SMILES string of the molecule is Cn1nccc1CC(C)(C)CN. The van der Waals surface area contributed by atoms with E-state index < -0.39 is 0 Å². The molecular formula is C9H17N3. The highest BCUT2D eigenvalue weighted by Gasteiger charge is 2.17. The van der Waals surface area contributed by atoms with Crippen molar-refractivity contribution in [2.24, 2.45) is 18.2 Å². The average molecular weight is 167 g/mol. The van der Waals surface area contributed by atoms with Crippen LogP contribution in [0.4, 0.5) is 0 Å². The molecule has 0 aliphatic rings. The van der Waals surface area contributed by atoms with Gasteiger partial charge in [-0.25, -0.2) is 0 Å². The lowest BCUT2D eigenvalue weighted by Crippen LogP contribution is -2.26. The first-order chi connectivity index (χ1) is 5.55. The Morgan fingerprint density at radius 3 is 2.67 bits per heavy atom. The van der Waals surface area contributed by atoms with Gasteiger partial charge in [0, 0.05) is 18.9 Å². The van der Waals surface area contributed by atoms with Crippen LogP contribution in [0.1, 0.15) is 19.5 Å². The molecule has 0 unspecified atom stereocenters. The molecule has 1 heterocycles. The summed E-state index contributed by atoms with van der Waals surface area (Å²) < 4.78 is 1.90. The summed E-state index contributed by atoms with van der Waals surface area (Å²) in [7, 11) is 1.96. The van der Waals surface area contributed by atoms with Gasteiger partial charge >= 0.3 is 0 Å². The van der Waals surface area contributed by atoms with Gasteiger partial charge in [-0.2, -0.15) is 5.10 Å². The monoisotopic (exact) mass is 167 g/mol. The van der Waals surface area contributed by atoms with Crippen molar-refractivity contribution in [1.29, 1.82) is 0 Å². The van der Waals surface area contributed by atoms with Crippen molar-refractivity contribution in [3.8, 4) is 0 Å². The standard InChI is InChI=1S/C9H17N3/c1-9(2,7-10)6-8-4-5-11-12(8)3/h4-5H,6-7,10H2,1-3H3. The van der Waals surface area contributed by atoms with Crippen LogP contribution in [0.15, 0.2) is 12.3 Å². The van der Waals surface area contributed by atoms with E-state index in [1.165, 1.54) is 5.69 Å². The van der Waals surface area contributed by atoms with Crippen molar-refractivity contribution >= 4 is 0 Å². The fraction of sp³-hybridized carbons (Fsp3) is 0.667. The minimum atomic E-state index is 0.174. The Bertz CT molecular complexity index is 250. The molecule has 0 radical (unpaired) electrons. The molecule has 0 saturated carbocycles. The maximum Gasteiger partial charge on any atom is 0.0492 e. The van der Waals surface area contributed by atoms with E-state index in [9.17, 15) is 0 Å². The molecule has 68 valence electrons. The van der Waals surface area contributed by atoms with E-state index in [0.29, 0.717) is 6.54 Å². The second-order valence-electron chi connectivity index (χ2n) is 3.99. The summed E-state index contributed by atoms with van der Waals surface area (Å²) in [5.74, 6) is 0. The highest BCUT2D eigenvalue weighted by molar-refractivity contribution is 5.03. The number of aryl methyl sites for hydroxylation is 1. The Hall–Kier alpha value is -0.830. The first kappa shape index (κ1) is 9.26. The fourth-order valence-electron chi connectivity index (χ4n) is 1.14. The normalized spacial score (nSPS) is 12.0. The van der Waals surface area contributed by atoms with E-state index in [-0.39, 0.29) is 5.41 Å². The highest BCUT2D eigenvalue weighted by atomic mass is 15.3. The van der Waals surface area contributed by atoms with Crippen LogP contribution < -0.4 is 5.73 Å². The zero-order valence-corrected chi connectivity index (χ0v) is 8.04. The van der Waals surface area contributed by atoms with Crippen LogP contribution in [-0.4, -0.2) is 16.3 Å². The molecule has 0 spiro atoms. The number of nitrogens with zero attached hydrogens (tertiary/aromatic N) is 2. The van der Waals surface area contributed by atoms with Crippen LogP contribution in [0.3, 0.4) is 0 Å². The lowest BCUT2D eigenvalue weighted by molar-refractivity contribution is 0.366. The van der Waals surface area contributed by atoms with Gasteiger partial charge < -0.3 is 5.73 Å². The van der Waals surface area contributed by atoms with Gasteiger partial charge in [0.2, 0.25) is 0 Å². The van der Waals surface area contributed by atoms with Crippen molar-refractivity contribution in [2.75, 3.05) is 6.54 Å². The first-order valence-electron chi connectivity index (χ1n) is 4.22. The van der Waals surface area contributed by atoms with E-state index in [4.69, 9.17) is 5.73 Å². The highest BCUT2D eigenvalue weighted by Crippen LogP contribution is 2.19. The summed E-state index contributed by atoms with van der Waals surface area (Å²) in [5.41, 5.74) is 7.06. The Balaban J connectivity index is 2.70. The van der Waals surface area contributed by atoms with Gasteiger partial charge in [0.15, 0.2) is 0 Å². The van der Waals surface area contributed by atoms with Gasteiger partial charge in [-0.1, -0.05) is 13.8 Å². The average Bonchev–Trinajstić information content (AvgIpc) is 2.36. The molecule has 2 N–H and O–H groups in total. The van der Waals surface area contributed by atoms with E-state index in [1.54, 1.807) is 0 Å². The summed E-state index contributed by atoms with van der Waals surface area (Å²) in [6.07, 6.45) is 2.81. The van der Waals surface area contributed by atoms with E-state index in [0.717, 1.165) is 6.42 Å². The first-order valence-corrected chi connectivity index (χ1v) is 4.22. The van der Waals surface area contributed by atoms with Crippen molar-refractivity contribution in [1.82, 2.24) is 9.78 Å². The number of hydrogen-bond donors (Lipinski definition) is 1. The molecule has 0 fully saturated rings. The van der Waals surface area contributed by atoms with Gasteiger partial charge in [-0.3, -0.25) is 4.68 Å². The van der Waals surface area contributed by atoms with Crippen LogP contribution in [-0.2, 0) is 13.5 Å². The number of aromatic nitrogens is 2. The van der Waals surface area contributed by atoms with Gasteiger partial charge in [0.1, 0.15) is 0 Å². The van der Waals surface area contributed by atoms with Gasteiger partial charge in [-0.15, -0.1) is 0 Å². The van der Waals surface area contributed by atoms with Gasteiger partial charge in [-0.05, 0) is 24.4 Å². The summed E-state index contributed by atoms with van der Waals surface area (Å²) in [6, 6.07) is 2.04. The Morgan fingerprint density at radius 1 is 1.58 bits per heavy atom. The van der Waals surface area contributed by atoms with E-state index in [1.807, 2.05) is 24.0 Å². The molecule has 0 amide bonds. The minimum absolute atomic E-state index is 0.174. The minimum Gasteiger partial charge on any atom is -0.330 e. The molecule has 0 aromatic carbocycles. The molecule has 0 atom stereocenters. The lowest BCUT2D eigenvalue weighted by atomic mass is 9.88. The second-order valence-corrected chi connectivity index (χ2v) is 3.99. The van der Waals surface area contributed by atoms with Crippen LogP contribution in [0.2, 0.25) is 0 Å². The van der Waals surface area contributed by atoms with Crippen LogP contribution >= 0.6 is 0 Å². The van der Waals surface area contributed by atoms with Crippen LogP contribution in [0.5, 0.6) is 0 Å². The quantitative estimate of drug-likeness (QED) is 0.728. The van der Waals surface area contributed by atoms with Crippen molar-refractivity contribution in [3.63, 3.8) is 0 Å². The maximum atomic E-state index is 5.64. The molecule has 3 nitrogen and oxygen atoms in total. The maximum absolute atomic E-state index is 5.64. The molecule has 1 rings (SSSR count). The van der Waals surface area contributed by atoms with Crippen molar-refractivity contribution < 1.29 is 0 Å². The molecule has 0 saturated heterocycles. The molecule has 0 aliphatic carbocycles. The predicted molar refractivity (Wildman–Crippen MR) is 49.7 cm³/mol. The smallest absolute Gasteiger partial charge is 0.0492 e. The summed E-state index contributed by atoms with van der Waals surface area (Å²) in [4.78, 5) is 0.